The summed E-state index contributed by atoms with van der Waals surface area (Å²) in [6, 6.07) is 0. The van der Waals surface area contributed by atoms with E-state index in [2.05, 4.69) is 0 Å². The zero-order valence-corrected chi connectivity index (χ0v) is 4.27. The molecule has 0 aromatic rings. The molecule has 7 heavy (non-hydrogen) atoms. The molecule has 0 bridgehead atoms. The molecule has 32 valence electrons. The van der Waals surface area contributed by atoms with Crippen LogP contribution >= 0.6 is 0 Å². The summed E-state index contributed by atoms with van der Waals surface area (Å²) < 4.78 is 9.89. The van der Waals surface area contributed by atoms with Gasteiger partial charge in [-0.25, -0.2) is 0 Å². The number of hydrogen-bond acceptors (Lipinski definition) is 2. The van der Waals surface area contributed by atoms with Gasteiger partial charge >= 0.3 is 37.7 Å². The summed E-state index contributed by atoms with van der Waals surface area (Å²) >= 11 is 0. The fourth-order valence-electron chi connectivity index (χ4n) is 0. The molecular weight excluding hydrogens is 91.7 g/mol. The van der Waals surface area contributed by atoms with Crippen molar-refractivity contribution in [3.63, 3.8) is 0 Å². The third-order valence-electron chi connectivity index (χ3n) is 0. The van der Waals surface area contributed by atoms with Gasteiger partial charge in [0.25, 0.3) is 0 Å². The Hall–Kier alpha value is 1.07. The second-order valence-electron chi connectivity index (χ2n) is 0.274. The summed E-state index contributed by atoms with van der Waals surface area (Å²) in [4.78, 5) is 0. The van der Waals surface area contributed by atoms with Crippen molar-refractivity contribution in [2.75, 3.05) is 0 Å². The van der Waals surface area contributed by atoms with Gasteiger partial charge in [-0.1, -0.05) is 0 Å². The van der Waals surface area contributed by atoms with Gasteiger partial charge < -0.3 is 19.8 Å². The summed E-state index contributed by atoms with van der Waals surface area (Å²) in [6.07, 6.45) is 0. The minimum Gasteiger partial charge on any atom is -0.867 e. The van der Waals surface area contributed by atoms with Crippen LogP contribution in [0.2, 0.25) is 0 Å². The van der Waals surface area contributed by atoms with Crippen molar-refractivity contribution in [1.82, 2.24) is 0 Å². The topological polar surface area (TPSA) is 77.6 Å². The second kappa shape index (κ2) is 15.7. The van der Waals surface area contributed by atoms with E-state index in [1.807, 2.05) is 0 Å². The standard InChI is InChI=1S/BFO2.2Li.H2O/c2-1(3)4;;;/h;;;1H2/q-2;2*+1;. The number of hydrogen-bond donors (Lipinski definition) is 0. The summed E-state index contributed by atoms with van der Waals surface area (Å²) in [5.74, 6) is 0. The maximum atomic E-state index is 9.89. The first-order valence-corrected chi connectivity index (χ1v) is 0.690. The van der Waals surface area contributed by atoms with Gasteiger partial charge in [-0.15, -0.1) is 0 Å². The van der Waals surface area contributed by atoms with E-state index in [0.717, 1.165) is 0 Å². The molecule has 0 spiro atoms. The van der Waals surface area contributed by atoms with Crippen molar-refractivity contribution in [2.45, 2.75) is 0 Å². The van der Waals surface area contributed by atoms with Crippen LogP contribution in [0, 0.1) is 0 Å². The van der Waals surface area contributed by atoms with Crippen molar-refractivity contribution in [3.05, 3.63) is 0 Å². The molecule has 0 aliphatic rings. The van der Waals surface area contributed by atoms with E-state index >= 15 is 0 Å². The molecule has 0 amide bonds. The first-order valence-electron chi connectivity index (χ1n) is 0.690. The average Bonchev–Trinajstić information content (AvgIpc) is 0.811. The van der Waals surface area contributed by atoms with Crippen molar-refractivity contribution >= 4 is 7.40 Å². The van der Waals surface area contributed by atoms with Gasteiger partial charge in [0.05, 0.1) is 0 Å². The van der Waals surface area contributed by atoms with Crippen LogP contribution in [0.5, 0.6) is 0 Å². The molecular formula is H2BFLi2O3. The van der Waals surface area contributed by atoms with Gasteiger partial charge in [-0.2, -0.15) is 0 Å². The molecule has 2 N–H and O–H groups in total. The van der Waals surface area contributed by atoms with E-state index < -0.39 is 7.40 Å². The van der Waals surface area contributed by atoms with Crippen LogP contribution < -0.4 is 47.8 Å². The van der Waals surface area contributed by atoms with Gasteiger partial charge in [0.15, 0.2) is 0 Å². The predicted octanol–water partition coefficient (Wildman–Crippen LogP) is -9.16. The van der Waals surface area contributed by atoms with Crippen LogP contribution in [0.4, 0.5) is 4.32 Å². The smallest absolute Gasteiger partial charge is 0.867 e. The Bertz CT molecular complexity index is 17.7. The molecule has 0 aliphatic carbocycles. The quantitative estimate of drug-likeness (QED) is 0.279. The minimum atomic E-state index is -3.17. The van der Waals surface area contributed by atoms with E-state index in [1.54, 1.807) is 0 Å². The maximum absolute atomic E-state index is 9.89. The molecule has 0 aromatic heterocycles. The molecule has 0 saturated carbocycles. The zero-order chi connectivity index (χ0) is 3.58. The van der Waals surface area contributed by atoms with Gasteiger partial charge in [0, 0.05) is 0 Å². The third kappa shape index (κ3) is 159. The maximum Gasteiger partial charge on any atom is 1.00 e. The Morgan fingerprint density at radius 3 is 1.14 bits per heavy atom. The monoisotopic (exact) mass is 94.0 g/mol. The van der Waals surface area contributed by atoms with Gasteiger partial charge in [-0.3, -0.25) is 0 Å². The first-order chi connectivity index (χ1) is 1.73. The SMILES string of the molecule is O.[Li+].[Li+].[O-]B([O-])F. The van der Waals surface area contributed by atoms with Crippen LogP contribution in [-0.2, 0) is 0 Å². The fraction of sp³-hybridized carbons (Fsp3) is 0. The van der Waals surface area contributed by atoms with Crippen molar-refractivity contribution < 1.29 is 57.6 Å². The summed E-state index contributed by atoms with van der Waals surface area (Å²) in [5.41, 5.74) is 0. The molecule has 3 nitrogen and oxygen atoms in total. The van der Waals surface area contributed by atoms with Crippen LogP contribution in [0.1, 0.15) is 0 Å². The Labute approximate surface area is 65.1 Å². The molecule has 0 saturated heterocycles. The van der Waals surface area contributed by atoms with Crippen molar-refractivity contribution in [2.24, 2.45) is 0 Å². The fourth-order valence-corrected chi connectivity index (χ4v) is 0. The second-order valence-corrected chi connectivity index (χ2v) is 0.274. The van der Waals surface area contributed by atoms with Crippen molar-refractivity contribution in [3.8, 4) is 0 Å². The molecule has 0 fully saturated rings. The molecule has 0 rings (SSSR count). The van der Waals surface area contributed by atoms with Gasteiger partial charge in [-0.05, 0) is 0 Å². The van der Waals surface area contributed by atoms with Crippen LogP contribution in [0.15, 0.2) is 0 Å². The third-order valence-corrected chi connectivity index (χ3v) is 0. The Balaban J connectivity index is -0.0000000150. The molecule has 0 radical (unpaired) electrons. The number of rotatable bonds is 0. The average molecular weight is 93.7 g/mol. The van der Waals surface area contributed by atoms with Gasteiger partial charge in [0.2, 0.25) is 0 Å². The largest absolute Gasteiger partial charge is 1.00 e. The summed E-state index contributed by atoms with van der Waals surface area (Å²) in [5, 5.41) is 16.6. The summed E-state index contributed by atoms with van der Waals surface area (Å²) in [6.45, 7) is 0. The van der Waals surface area contributed by atoms with Crippen molar-refractivity contribution in [1.29, 1.82) is 0 Å². The Morgan fingerprint density at radius 2 is 1.14 bits per heavy atom. The molecule has 7 heteroatoms. The van der Waals surface area contributed by atoms with Gasteiger partial charge in [0.1, 0.15) is 7.40 Å². The van der Waals surface area contributed by atoms with Crippen LogP contribution in [0.3, 0.4) is 0 Å². The van der Waals surface area contributed by atoms with E-state index in [0.29, 0.717) is 0 Å². The first kappa shape index (κ1) is 24.4. The van der Waals surface area contributed by atoms with Crippen LogP contribution in [-0.4, -0.2) is 12.9 Å². The molecule has 0 atom stereocenters. The molecule has 0 aliphatic heterocycles. The predicted molar refractivity (Wildman–Crippen MR) is 10.5 cm³/mol. The van der Waals surface area contributed by atoms with E-state index in [-0.39, 0.29) is 43.2 Å². The Morgan fingerprint density at radius 1 is 1.14 bits per heavy atom. The molecule has 0 heterocycles. The number of halogens is 1. The normalized spacial score (nSPS) is 3.86. The van der Waals surface area contributed by atoms with E-state index in [9.17, 15) is 4.32 Å². The Kier molecular flexibility index (Phi) is 54.7. The van der Waals surface area contributed by atoms with Crippen LogP contribution in [0.25, 0.3) is 0 Å². The zero-order valence-electron chi connectivity index (χ0n) is 4.27. The summed E-state index contributed by atoms with van der Waals surface area (Å²) in [7, 11) is -3.17. The van der Waals surface area contributed by atoms with E-state index in [4.69, 9.17) is 10.0 Å². The molecule has 0 aromatic carbocycles. The molecule has 0 unspecified atom stereocenters. The minimum absolute atomic E-state index is 0. The van der Waals surface area contributed by atoms with E-state index in [1.165, 1.54) is 0 Å².